The molecule has 0 heterocycles. The summed E-state index contributed by atoms with van der Waals surface area (Å²) in [4.78, 5) is 37.2. The standard InChI is InChI=1S/C21H35N9O4/c22-14(8-4-10-27-20(23)24)17(31)30-16(12-13-6-2-1-3-7-13)18(32)29-15(19(33)34)9-5-11-28-21(25)26/h1-3,6-7,14-16H,4-5,8-12,22H2,(H,29,32)(H,30,31)(H,33,34)(H4,23,24,27)(H4,25,26,28)/t14-,15-,16-/m0/s1. The minimum Gasteiger partial charge on any atom is -0.480 e. The van der Waals surface area contributed by atoms with Gasteiger partial charge in [0.1, 0.15) is 12.1 Å². The second-order valence-electron chi connectivity index (χ2n) is 7.72. The number of rotatable bonds is 15. The van der Waals surface area contributed by atoms with Gasteiger partial charge < -0.3 is 43.6 Å². The van der Waals surface area contributed by atoms with Crippen molar-refractivity contribution in [3.8, 4) is 0 Å². The first-order valence-corrected chi connectivity index (χ1v) is 10.9. The van der Waals surface area contributed by atoms with Crippen molar-refractivity contribution < 1.29 is 19.5 Å². The van der Waals surface area contributed by atoms with Crippen molar-refractivity contribution in [2.24, 2.45) is 17.2 Å². The van der Waals surface area contributed by atoms with E-state index in [0.717, 1.165) is 5.56 Å². The first-order valence-electron chi connectivity index (χ1n) is 10.9. The molecule has 13 heteroatoms. The molecule has 1 aromatic rings. The summed E-state index contributed by atoms with van der Waals surface area (Å²) in [5, 5.41) is 34.0. The van der Waals surface area contributed by atoms with E-state index in [-0.39, 0.29) is 31.3 Å². The van der Waals surface area contributed by atoms with Gasteiger partial charge in [-0.2, -0.15) is 0 Å². The van der Waals surface area contributed by atoms with E-state index in [1.807, 2.05) is 6.07 Å². The summed E-state index contributed by atoms with van der Waals surface area (Å²) in [6, 6.07) is 5.88. The Morgan fingerprint density at radius 1 is 0.853 bits per heavy atom. The van der Waals surface area contributed by atoms with Crippen molar-refractivity contribution in [2.75, 3.05) is 13.1 Å². The van der Waals surface area contributed by atoms with Crippen molar-refractivity contribution in [1.82, 2.24) is 21.3 Å². The van der Waals surface area contributed by atoms with Crippen molar-refractivity contribution >= 4 is 29.7 Å². The molecule has 0 radical (unpaired) electrons. The molecule has 34 heavy (non-hydrogen) atoms. The Hall–Kier alpha value is -3.87. The first kappa shape index (κ1) is 28.2. The van der Waals surface area contributed by atoms with Crippen molar-refractivity contribution in [1.29, 1.82) is 10.8 Å². The third-order valence-corrected chi connectivity index (χ3v) is 4.86. The molecule has 0 saturated heterocycles. The number of nitrogens with two attached hydrogens (primary N) is 3. The molecule has 188 valence electrons. The van der Waals surface area contributed by atoms with Crippen LogP contribution in [0.3, 0.4) is 0 Å². The van der Waals surface area contributed by atoms with Crippen LogP contribution < -0.4 is 38.5 Å². The molecule has 0 aliphatic rings. The molecule has 0 unspecified atom stereocenters. The number of hydrogen-bond donors (Lipinski definition) is 10. The van der Waals surface area contributed by atoms with Crippen molar-refractivity contribution in [3.63, 3.8) is 0 Å². The van der Waals surface area contributed by atoms with E-state index < -0.39 is 35.9 Å². The quantitative estimate of drug-likeness (QED) is 0.0771. The van der Waals surface area contributed by atoms with Gasteiger partial charge in [0.25, 0.3) is 0 Å². The van der Waals surface area contributed by atoms with Crippen LogP contribution in [0.2, 0.25) is 0 Å². The molecule has 0 spiro atoms. The summed E-state index contributed by atoms with van der Waals surface area (Å²) >= 11 is 0. The number of carbonyl (C=O) groups excluding carboxylic acids is 2. The number of carboxylic acids is 1. The lowest BCUT2D eigenvalue weighted by atomic mass is 10.0. The molecular formula is C21H35N9O4. The Morgan fingerprint density at radius 2 is 1.38 bits per heavy atom. The van der Waals surface area contributed by atoms with Gasteiger partial charge in [-0.1, -0.05) is 30.3 Å². The fourth-order valence-corrected chi connectivity index (χ4v) is 3.07. The van der Waals surface area contributed by atoms with Gasteiger partial charge in [0, 0.05) is 19.5 Å². The van der Waals surface area contributed by atoms with Gasteiger partial charge in [-0.3, -0.25) is 20.4 Å². The fraction of sp³-hybridized carbons (Fsp3) is 0.476. The van der Waals surface area contributed by atoms with Crippen LogP contribution in [0.25, 0.3) is 0 Å². The van der Waals surface area contributed by atoms with Crippen LogP contribution in [0, 0.1) is 10.8 Å². The Labute approximate surface area is 198 Å². The second kappa shape index (κ2) is 15.1. The lowest BCUT2D eigenvalue weighted by Crippen LogP contribution is -2.55. The van der Waals surface area contributed by atoms with E-state index in [1.165, 1.54) is 0 Å². The fourth-order valence-electron chi connectivity index (χ4n) is 3.07. The highest BCUT2D eigenvalue weighted by Gasteiger charge is 2.28. The number of guanidine groups is 2. The number of amides is 2. The summed E-state index contributed by atoms with van der Waals surface area (Å²) in [7, 11) is 0. The zero-order chi connectivity index (χ0) is 25.5. The number of carboxylic acid groups (broad SMARTS) is 1. The zero-order valence-corrected chi connectivity index (χ0v) is 19.0. The van der Waals surface area contributed by atoms with Crippen LogP contribution in [0.4, 0.5) is 0 Å². The smallest absolute Gasteiger partial charge is 0.326 e. The SMILES string of the molecule is N=C(N)NCCC[C@H](NC(=O)[C@H](Cc1ccccc1)NC(=O)[C@@H](N)CCCNC(=N)N)C(=O)O. The summed E-state index contributed by atoms with van der Waals surface area (Å²) in [5.74, 6) is -2.81. The summed E-state index contributed by atoms with van der Waals surface area (Å²) < 4.78 is 0. The first-order chi connectivity index (χ1) is 16.1. The third-order valence-electron chi connectivity index (χ3n) is 4.86. The van der Waals surface area contributed by atoms with Crippen molar-refractivity contribution in [2.45, 2.75) is 50.2 Å². The molecule has 13 nitrogen and oxygen atoms in total. The lowest BCUT2D eigenvalue weighted by molar-refractivity contribution is -0.142. The van der Waals surface area contributed by atoms with E-state index in [1.54, 1.807) is 24.3 Å². The number of benzene rings is 1. The van der Waals surface area contributed by atoms with Crippen LogP contribution in [0.15, 0.2) is 30.3 Å². The highest BCUT2D eigenvalue weighted by atomic mass is 16.4. The molecule has 0 saturated carbocycles. The molecule has 1 aromatic carbocycles. The average Bonchev–Trinajstić information content (AvgIpc) is 2.78. The van der Waals surface area contributed by atoms with E-state index in [4.69, 9.17) is 28.0 Å². The van der Waals surface area contributed by atoms with E-state index in [2.05, 4.69) is 21.3 Å². The van der Waals surface area contributed by atoms with Gasteiger partial charge in [-0.05, 0) is 31.2 Å². The van der Waals surface area contributed by atoms with Crippen molar-refractivity contribution in [3.05, 3.63) is 35.9 Å². The van der Waals surface area contributed by atoms with Crippen LogP contribution >= 0.6 is 0 Å². The molecule has 1 rings (SSSR count). The highest BCUT2D eigenvalue weighted by molar-refractivity contribution is 5.92. The molecular weight excluding hydrogens is 442 g/mol. The third kappa shape index (κ3) is 11.7. The molecule has 13 N–H and O–H groups in total. The monoisotopic (exact) mass is 477 g/mol. The van der Waals surface area contributed by atoms with Gasteiger partial charge in [-0.15, -0.1) is 0 Å². The molecule has 0 aromatic heterocycles. The van der Waals surface area contributed by atoms with Crippen LogP contribution in [-0.2, 0) is 20.8 Å². The van der Waals surface area contributed by atoms with Gasteiger partial charge in [0.05, 0.1) is 6.04 Å². The molecule has 0 bridgehead atoms. The number of nitrogens with one attached hydrogen (secondary N) is 6. The van der Waals surface area contributed by atoms with Gasteiger partial charge in [0.2, 0.25) is 11.8 Å². The zero-order valence-electron chi connectivity index (χ0n) is 19.0. The minimum atomic E-state index is -1.21. The van der Waals surface area contributed by atoms with E-state index in [9.17, 15) is 19.5 Å². The highest BCUT2D eigenvalue weighted by Crippen LogP contribution is 2.06. The Bertz CT molecular complexity index is 835. The van der Waals surface area contributed by atoms with Gasteiger partial charge in [0.15, 0.2) is 11.9 Å². The predicted molar refractivity (Wildman–Crippen MR) is 128 cm³/mol. The molecule has 0 aliphatic carbocycles. The maximum atomic E-state index is 12.9. The van der Waals surface area contributed by atoms with Crippen LogP contribution in [0.5, 0.6) is 0 Å². The Morgan fingerprint density at radius 3 is 1.91 bits per heavy atom. The maximum Gasteiger partial charge on any atom is 0.326 e. The second-order valence-corrected chi connectivity index (χ2v) is 7.72. The van der Waals surface area contributed by atoms with Crippen LogP contribution in [0.1, 0.15) is 31.2 Å². The largest absolute Gasteiger partial charge is 0.480 e. The number of aliphatic carboxylic acids is 1. The Balaban J connectivity index is 2.79. The summed E-state index contributed by atoms with van der Waals surface area (Å²) in [5.41, 5.74) is 17.1. The number of hydrogen-bond acceptors (Lipinski definition) is 6. The summed E-state index contributed by atoms with van der Waals surface area (Å²) in [6.07, 6.45) is 1.39. The topological polar surface area (TPSA) is 245 Å². The van der Waals surface area contributed by atoms with Crippen LogP contribution in [-0.4, -0.2) is 66.0 Å². The minimum absolute atomic E-state index is 0.107. The predicted octanol–water partition coefficient (Wildman–Crippen LogP) is -1.86. The average molecular weight is 478 g/mol. The summed E-state index contributed by atoms with van der Waals surface area (Å²) in [6.45, 7) is 0.662. The molecule has 0 aliphatic heterocycles. The lowest BCUT2D eigenvalue weighted by Gasteiger charge is -2.23. The molecule has 3 atom stereocenters. The molecule has 0 fully saturated rings. The van der Waals surface area contributed by atoms with E-state index >= 15 is 0 Å². The normalized spacial score (nSPS) is 13.1. The van der Waals surface area contributed by atoms with E-state index in [0.29, 0.717) is 25.8 Å². The Kier molecular flexibility index (Phi) is 12.5. The van der Waals surface area contributed by atoms with Gasteiger partial charge in [-0.25, -0.2) is 4.79 Å². The maximum absolute atomic E-state index is 12.9. The molecule has 2 amide bonds. The number of carbonyl (C=O) groups is 3. The van der Waals surface area contributed by atoms with Gasteiger partial charge >= 0.3 is 5.97 Å².